The molecule has 0 aromatic heterocycles. The number of rotatable bonds is 3. The van der Waals surface area contributed by atoms with Crippen LogP contribution in [0.3, 0.4) is 0 Å². The fourth-order valence-corrected chi connectivity index (χ4v) is 0.549. The molecule has 2 N–H and O–H groups in total. The zero-order valence-electron chi connectivity index (χ0n) is 7.46. The van der Waals surface area contributed by atoms with Crippen LogP contribution in [0.2, 0.25) is 0 Å². The molecule has 0 saturated heterocycles. The van der Waals surface area contributed by atoms with E-state index in [1.54, 1.807) is 0 Å². The van der Waals surface area contributed by atoms with E-state index in [1.807, 2.05) is 0 Å². The third-order valence-corrected chi connectivity index (χ3v) is 3.52. The molecule has 12 heavy (non-hydrogen) atoms. The van der Waals surface area contributed by atoms with E-state index in [-0.39, 0.29) is 9.34 Å². The van der Waals surface area contributed by atoms with Crippen LogP contribution in [0.15, 0.2) is 0 Å². The largest absolute Gasteiger partial charge is 0.436 e. The maximum Gasteiger partial charge on any atom is 0.436 e. The van der Waals surface area contributed by atoms with Crippen molar-refractivity contribution in [3.8, 4) is 0 Å². The average molecular weight is 287 g/mol. The van der Waals surface area contributed by atoms with Crippen LogP contribution < -0.4 is 5.73 Å². The standard InChI is InChI=1S/C7H14INO3/c1-7(2,3)5(8)4-11-12-6(9)10/h5H,4H2,1-3H3,(H2,9,10). The van der Waals surface area contributed by atoms with Crippen LogP contribution in [0, 0.1) is 5.41 Å². The van der Waals surface area contributed by atoms with E-state index < -0.39 is 6.09 Å². The van der Waals surface area contributed by atoms with Crippen LogP contribution in [-0.4, -0.2) is 16.6 Å². The summed E-state index contributed by atoms with van der Waals surface area (Å²) < 4.78 is 0.273. The summed E-state index contributed by atoms with van der Waals surface area (Å²) in [6.07, 6.45) is -0.910. The number of hydrogen-bond acceptors (Lipinski definition) is 3. The number of nitrogens with two attached hydrogens (primary N) is 1. The van der Waals surface area contributed by atoms with Gasteiger partial charge in [0.15, 0.2) is 0 Å². The molecule has 0 spiro atoms. The van der Waals surface area contributed by atoms with Crippen molar-refractivity contribution in [1.82, 2.24) is 0 Å². The quantitative estimate of drug-likeness (QED) is 0.373. The van der Waals surface area contributed by atoms with Gasteiger partial charge in [-0.3, -0.25) is 4.89 Å². The van der Waals surface area contributed by atoms with Crippen LogP contribution in [0.4, 0.5) is 4.79 Å². The Morgan fingerprint density at radius 2 is 2.08 bits per heavy atom. The maximum atomic E-state index is 10.1. The molecule has 0 saturated carbocycles. The molecule has 1 amide bonds. The SMILES string of the molecule is CC(C)(C)C(I)COOC(N)=O. The van der Waals surface area contributed by atoms with Crippen LogP contribution >= 0.6 is 22.6 Å². The molecule has 1 unspecified atom stereocenters. The molecule has 0 aliphatic carbocycles. The first-order valence-corrected chi connectivity index (χ1v) is 4.81. The minimum Gasteiger partial charge on any atom is -0.333 e. The molecule has 0 fully saturated rings. The summed E-state index contributed by atoms with van der Waals surface area (Å²) in [6, 6.07) is 0. The summed E-state index contributed by atoms with van der Waals surface area (Å²) in [7, 11) is 0. The normalized spacial score (nSPS) is 14.0. The summed E-state index contributed by atoms with van der Waals surface area (Å²) >= 11 is 2.24. The third kappa shape index (κ3) is 5.59. The van der Waals surface area contributed by atoms with Crippen molar-refractivity contribution >= 4 is 28.7 Å². The zero-order chi connectivity index (χ0) is 9.78. The highest BCUT2D eigenvalue weighted by atomic mass is 127. The van der Waals surface area contributed by atoms with Gasteiger partial charge in [0.2, 0.25) is 0 Å². The Balaban J connectivity index is 3.58. The molecule has 0 heterocycles. The lowest BCUT2D eigenvalue weighted by molar-refractivity contribution is -0.237. The molecule has 0 aromatic carbocycles. The number of primary amides is 1. The van der Waals surface area contributed by atoms with Crippen molar-refractivity contribution in [2.24, 2.45) is 11.1 Å². The van der Waals surface area contributed by atoms with Gasteiger partial charge in [0.1, 0.15) is 6.61 Å². The van der Waals surface area contributed by atoms with E-state index >= 15 is 0 Å². The van der Waals surface area contributed by atoms with Gasteiger partial charge in [0, 0.05) is 3.92 Å². The maximum absolute atomic E-state index is 10.1. The highest BCUT2D eigenvalue weighted by Crippen LogP contribution is 2.26. The Labute approximate surface area is 85.8 Å². The molecule has 0 radical (unpaired) electrons. The number of halogens is 1. The lowest BCUT2D eigenvalue weighted by atomic mass is 9.93. The second kappa shape index (κ2) is 4.86. The fourth-order valence-electron chi connectivity index (χ4n) is 0.402. The number of hydrogen-bond donors (Lipinski definition) is 1. The van der Waals surface area contributed by atoms with Gasteiger partial charge in [-0.2, -0.15) is 4.89 Å². The van der Waals surface area contributed by atoms with E-state index in [2.05, 4.69) is 53.1 Å². The fraction of sp³-hybridized carbons (Fsp3) is 0.857. The summed E-state index contributed by atoms with van der Waals surface area (Å²) in [5, 5.41) is 0. The Morgan fingerprint density at radius 3 is 2.42 bits per heavy atom. The van der Waals surface area contributed by atoms with E-state index in [1.165, 1.54) is 0 Å². The topological polar surface area (TPSA) is 61.6 Å². The molecule has 0 aliphatic rings. The van der Waals surface area contributed by atoms with Crippen molar-refractivity contribution < 1.29 is 14.6 Å². The summed E-state index contributed by atoms with van der Waals surface area (Å²) in [6.45, 7) is 6.60. The van der Waals surface area contributed by atoms with Gasteiger partial charge in [-0.1, -0.05) is 43.4 Å². The first-order valence-electron chi connectivity index (χ1n) is 3.57. The lowest BCUT2D eigenvalue weighted by Crippen LogP contribution is -2.26. The number of carbonyl (C=O) groups excluding carboxylic acids is 1. The predicted molar refractivity (Wildman–Crippen MR) is 53.9 cm³/mol. The average Bonchev–Trinajstić information content (AvgIpc) is 1.84. The molecular formula is C7H14INO3. The van der Waals surface area contributed by atoms with Gasteiger partial charge in [0.05, 0.1) is 0 Å². The third-order valence-electron chi connectivity index (χ3n) is 1.30. The van der Waals surface area contributed by atoms with Crippen molar-refractivity contribution in [3.63, 3.8) is 0 Å². The first-order chi connectivity index (χ1) is 5.34. The summed E-state index contributed by atoms with van der Waals surface area (Å²) in [5.74, 6) is 0. The minimum atomic E-state index is -0.910. The van der Waals surface area contributed by atoms with Crippen molar-refractivity contribution in [3.05, 3.63) is 0 Å². The van der Waals surface area contributed by atoms with Crippen LogP contribution in [-0.2, 0) is 9.78 Å². The molecule has 0 rings (SSSR count). The molecule has 5 heteroatoms. The van der Waals surface area contributed by atoms with Gasteiger partial charge in [-0.15, -0.1) is 0 Å². The Morgan fingerprint density at radius 1 is 1.58 bits per heavy atom. The molecule has 1 atom stereocenters. The van der Waals surface area contributed by atoms with Crippen molar-refractivity contribution in [2.75, 3.05) is 6.61 Å². The van der Waals surface area contributed by atoms with Crippen LogP contribution in [0.5, 0.6) is 0 Å². The van der Waals surface area contributed by atoms with Crippen molar-refractivity contribution in [1.29, 1.82) is 0 Å². The van der Waals surface area contributed by atoms with Gasteiger partial charge in [-0.25, -0.2) is 4.79 Å². The second-order valence-corrected chi connectivity index (χ2v) is 5.02. The first kappa shape index (κ1) is 12.0. The second-order valence-electron chi connectivity index (χ2n) is 3.52. The summed E-state index contributed by atoms with van der Waals surface area (Å²) in [4.78, 5) is 18.8. The van der Waals surface area contributed by atoms with Crippen LogP contribution in [0.25, 0.3) is 0 Å². The molecule has 4 nitrogen and oxygen atoms in total. The monoisotopic (exact) mass is 287 g/mol. The highest BCUT2D eigenvalue weighted by Gasteiger charge is 2.22. The summed E-state index contributed by atoms with van der Waals surface area (Å²) in [5.41, 5.74) is 4.83. The number of carbonyl (C=O) groups is 1. The van der Waals surface area contributed by atoms with Crippen LogP contribution in [0.1, 0.15) is 20.8 Å². The highest BCUT2D eigenvalue weighted by molar-refractivity contribution is 14.1. The Bertz CT molecular complexity index is 155. The molecule has 0 aliphatic heterocycles. The molecular weight excluding hydrogens is 273 g/mol. The Kier molecular flexibility index (Phi) is 4.84. The van der Waals surface area contributed by atoms with Gasteiger partial charge in [-0.05, 0) is 5.41 Å². The smallest absolute Gasteiger partial charge is 0.333 e. The molecule has 0 aromatic rings. The zero-order valence-corrected chi connectivity index (χ0v) is 9.62. The minimum absolute atomic E-state index is 0.127. The number of alkyl halides is 1. The van der Waals surface area contributed by atoms with E-state index in [9.17, 15) is 4.79 Å². The van der Waals surface area contributed by atoms with Gasteiger partial charge in [0.25, 0.3) is 0 Å². The molecule has 0 bridgehead atoms. The van der Waals surface area contributed by atoms with E-state index in [0.29, 0.717) is 6.61 Å². The van der Waals surface area contributed by atoms with Gasteiger partial charge >= 0.3 is 6.09 Å². The van der Waals surface area contributed by atoms with E-state index in [0.717, 1.165) is 0 Å². The van der Waals surface area contributed by atoms with Gasteiger partial charge < -0.3 is 5.73 Å². The lowest BCUT2D eigenvalue weighted by Gasteiger charge is -2.24. The predicted octanol–water partition coefficient (Wildman–Crippen LogP) is 1.86. The van der Waals surface area contributed by atoms with Crippen molar-refractivity contribution in [2.45, 2.75) is 24.7 Å². The van der Waals surface area contributed by atoms with E-state index in [4.69, 9.17) is 5.73 Å². The molecule has 72 valence electrons. The Hall–Kier alpha value is -0.0400. The number of amides is 1.